The summed E-state index contributed by atoms with van der Waals surface area (Å²) < 4.78 is 7.26. The van der Waals surface area contributed by atoms with Crippen LogP contribution >= 0.6 is 0 Å². The third-order valence-corrected chi connectivity index (χ3v) is 6.20. The highest BCUT2D eigenvalue weighted by Crippen LogP contribution is 2.42. The Hall–Kier alpha value is -2.64. The molecule has 0 saturated heterocycles. The molecule has 1 atom stereocenters. The lowest BCUT2D eigenvalue weighted by Gasteiger charge is -2.39. The van der Waals surface area contributed by atoms with Gasteiger partial charge in [0.25, 0.3) is 0 Å². The molecule has 0 saturated carbocycles. The molecule has 1 heteroatoms. The maximum atomic E-state index is 7.26. The molecule has 1 radical (unpaired) electrons. The highest BCUT2D eigenvalue weighted by atomic mass is 16.5. The Bertz CT molecular complexity index is 818. The molecule has 0 spiro atoms. The first kappa shape index (κ1) is 25.0. The second kappa shape index (κ2) is 13.8. The van der Waals surface area contributed by atoms with Gasteiger partial charge in [-0.3, -0.25) is 0 Å². The molecule has 1 nitrogen and oxygen atoms in total. The molecule has 3 rings (SSSR count). The van der Waals surface area contributed by atoms with E-state index < -0.39 is 5.60 Å². The van der Waals surface area contributed by atoms with Gasteiger partial charge in [0, 0.05) is 0 Å². The maximum absolute atomic E-state index is 7.26. The fourth-order valence-corrected chi connectivity index (χ4v) is 4.43. The molecule has 3 aromatic rings. The quantitative estimate of drug-likeness (QED) is 0.138. The minimum Gasteiger partial charge on any atom is -0.357 e. The molecular formula is C32H39O. The molecular weight excluding hydrogens is 400 g/mol. The zero-order chi connectivity index (χ0) is 23.2. The van der Waals surface area contributed by atoms with Crippen molar-refractivity contribution >= 4 is 0 Å². The minimum atomic E-state index is -0.649. The Balaban J connectivity index is 2.01. The smallest absolute Gasteiger partial charge is 0.144 e. The molecule has 173 valence electrons. The number of unbranched alkanes of at least 4 members (excludes halogenated alkanes) is 4. The first-order valence-electron chi connectivity index (χ1n) is 12.6. The largest absolute Gasteiger partial charge is 0.357 e. The van der Waals surface area contributed by atoms with E-state index >= 15 is 0 Å². The van der Waals surface area contributed by atoms with Crippen LogP contribution in [0.1, 0.15) is 75.0 Å². The number of rotatable bonds is 14. The Morgan fingerprint density at radius 2 is 1.24 bits per heavy atom. The third kappa shape index (κ3) is 6.92. The monoisotopic (exact) mass is 439 g/mol. The SMILES string of the molecule is [CH2]CCCCC=CCC(CCCC)OC(c1ccccc1)(c1ccccc1)c1ccccc1. The summed E-state index contributed by atoms with van der Waals surface area (Å²) in [6, 6.07) is 32.1. The summed E-state index contributed by atoms with van der Waals surface area (Å²) >= 11 is 0. The lowest BCUT2D eigenvalue weighted by atomic mass is 9.79. The van der Waals surface area contributed by atoms with Crippen molar-refractivity contribution in [2.24, 2.45) is 0 Å². The van der Waals surface area contributed by atoms with Crippen molar-refractivity contribution in [2.75, 3.05) is 0 Å². The first-order chi connectivity index (χ1) is 16.3. The van der Waals surface area contributed by atoms with E-state index in [1.54, 1.807) is 0 Å². The standard InChI is InChI=1S/C32H39O/c1-3-5-7-8-9-19-27-31(26-6-4-2)33-32(28-20-13-10-14-21-28,29-22-15-11-16-23-29)30-24-17-12-18-25-30/h9-25,31H,1,3-8,26-27H2,2H3. The lowest BCUT2D eigenvalue weighted by Crippen LogP contribution is -2.37. The highest BCUT2D eigenvalue weighted by molar-refractivity contribution is 5.47. The summed E-state index contributed by atoms with van der Waals surface area (Å²) in [5.74, 6) is 0. The van der Waals surface area contributed by atoms with Crippen molar-refractivity contribution in [3.8, 4) is 0 Å². The van der Waals surface area contributed by atoms with Gasteiger partial charge in [-0.1, -0.05) is 143 Å². The predicted molar refractivity (Wildman–Crippen MR) is 141 cm³/mol. The normalized spacial score (nSPS) is 12.8. The van der Waals surface area contributed by atoms with E-state index in [-0.39, 0.29) is 6.10 Å². The van der Waals surface area contributed by atoms with E-state index in [0.29, 0.717) is 0 Å². The molecule has 0 heterocycles. The van der Waals surface area contributed by atoms with Crippen LogP contribution in [0.15, 0.2) is 103 Å². The molecule has 0 bridgehead atoms. The predicted octanol–water partition coefficient (Wildman–Crippen LogP) is 8.89. The van der Waals surface area contributed by atoms with Gasteiger partial charge >= 0.3 is 0 Å². The molecule has 1 unspecified atom stereocenters. The number of hydrogen-bond acceptors (Lipinski definition) is 1. The van der Waals surface area contributed by atoms with Gasteiger partial charge in [-0.15, -0.1) is 0 Å². The van der Waals surface area contributed by atoms with Crippen LogP contribution in [0.5, 0.6) is 0 Å². The number of benzene rings is 3. The van der Waals surface area contributed by atoms with Gasteiger partial charge in [-0.2, -0.15) is 0 Å². The molecule has 0 N–H and O–H groups in total. The van der Waals surface area contributed by atoms with Crippen molar-refractivity contribution in [1.82, 2.24) is 0 Å². The van der Waals surface area contributed by atoms with Crippen LogP contribution in [0.25, 0.3) is 0 Å². The van der Waals surface area contributed by atoms with Gasteiger partial charge in [0.2, 0.25) is 0 Å². The van der Waals surface area contributed by atoms with Gasteiger partial charge in [0.1, 0.15) is 5.60 Å². The van der Waals surface area contributed by atoms with Gasteiger partial charge in [0.05, 0.1) is 6.10 Å². The van der Waals surface area contributed by atoms with Crippen molar-refractivity contribution in [3.63, 3.8) is 0 Å². The van der Waals surface area contributed by atoms with Crippen LogP contribution in [0, 0.1) is 6.92 Å². The lowest BCUT2D eigenvalue weighted by molar-refractivity contribution is -0.0501. The Morgan fingerprint density at radius 3 is 1.70 bits per heavy atom. The maximum Gasteiger partial charge on any atom is 0.144 e. The summed E-state index contributed by atoms with van der Waals surface area (Å²) in [4.78, 5) is 0. The van der Waals surface area contributed by atoms with Gasteiger partial charge in [-0.25, -0.2) is 0 Å². The fourth-order valence-electron chi connectivity index (χ4n) is 4.43. The van der Waals surface area contributed by atoms with Crippen LogP contribution in [0.4, 0.5) is 0 Å². The Kier molecular flexibility index (Phi) is 10.5. The van der Waals surface area contributed by atoms with Crippen LogP contribution in [-0.2, 0) is 10.3 Å². The molecule has 3 aromatic carbocycles. The minimum absolute atomic E-state index is 0.134. The zero-order valence-corrected chi connectivity index (χ0v) is 20.2. The third-order valence-electron chi connectivity index (χ3n) is 6.20. The molecule has 0 aliphatic rings. The van der Waals surface area contributed by atoms with Crippen LogP contribution < -0.4 is 0 Å². The molecule has 0 fully saturated rings. The molecule has 33 heavy (non-hydrogen) atoms. The van der Waals surface area contributed by atoms with Crippen molar-refractivity contribution in [1.29, 1.82) is 0 Å². The number of allylic oxidation sites excluding steroid dienone is 1. The molecule has 0 amide bonds. The van der Waals surface area contributed by atoms with Crippen molar-refractivity contribution < 1.29 is 4.74 Å². The summed E-state index contributed by atoms with van der Waals surface area (Å²) in [7, 11) is 0. The average Bonchev–Trinajstić information content (AvgIpc) is 2.89. The summed E-state index contributed by atoms with van der Waals surface area (Å²) in [5, 5.41) is 0. The fraction of sp³-hybridized carbons (Fsp3) is 0.344. The average molecular weight is 440 g/mol. The van der Waals surface area contributed by atoms with Crippen molar-refractivity contribution in [3.05, 3.63) is 127 Å². The van der Waals surface area contributed by atoms with Crippen LogP contribution in [0.3, 0.4) is 0 Å². The summed E-state index contributed by atoms with van der Waals surface area (Å²) in [6.07, 6.45) is 13.6. The second-order valence-electron chi connectivity index (χ2n) is 8.72. The van der Waals surface area contributed by atoms with E-state index in [9.17, 15) is 0 Å². The van der Waals surface area contributed by atoms with Crippen LogP contribution in [0.2, 0.25) is 0 Å². The van der Waals surface area contributed by atoms with E-state index in [1.165, 1.54) is 36.0 Å². The van der Waals surface area contributed by atoms with Crippen molar-refractivity contribution in [2.45, 2.75) is 70.0 Å². The van der Waals surface area contributed by atoms with E-state index in [2.05, 4.69) is 117 Å². The topological polar surface area (TPSA) is 9.23 Å². The number of hydrogen-bond donors (Lipinski definition) is 0. The van der Waals surface area contributed by atoms with Gasteiger partial charge in [-0.05, 0) is 42.4 Å². The summed E-state index contributed by atoms with van der Waals surface area (Å²) in [6.45, 7) is 6.20. The van der Waals surface area contributed by atoms with E-state index in [4.69, 9.17) is 4.74 Å². The molecule has 0 aromatic heterocycles. The highest BCUT2D eigenvalue weighted by Gasteiger charge is 2.39. The van der Waals surface area contributed by atoms with Gasteiger partial charge in [0.15, 0.2) is 0 Å². The zero-order valence-electron chi connectivity index (χ0n) is 20.2. The second-order valence-corrected chi connectivity index (χ2v) is 8.72. The molecule has 0 aliphatic carbocycles. The Morgan fingerprint density at radius 1 is 0.727 bits per heavy atom. The number of ether oxygens (including phenoxy) is 1. The first-order valence-corrected chi connectivity index (χ1v) is 12.6. The Labute approximate surface area is 201 Å². The van der Waals surface area contributed by atoms with E-state index in [1.807, 2.05) is 0 Å². The van der Waals surface area contributed by atoms with E-state index in [0.717, 1.165) is 32.1 Å². The molecule has 0 aliphatic heterocycles. The van der Waals surface area contributed by atoms with Gasteiger partial charge < -0.3 is 4.74 Å². The van der Waals surface area contributed by atoms with Crippen LogP contribution in [-0.4, -0.2) is 6.10 Å². The summed E-state index contributed by atoms with van der Waals surface area (Å²) in [5.41, 5.74) is 2.86.